The van der Waals surface area contributed by atoms with Crippen LogP contribution >= 0.6 is 0 Å². The second kappa shape index (κ2) is 8.38. The highest BCUT2D eigenvalue weighted by atomic mass is 19.4. The van der Waals surface area contributed by atoms with Crippen LogP contribution in [0.15, 0.2) is 24.3 Å². The molecule has 0 saturated carbocycles. The Morgan fingerprint density at radius 2 is 1.82 bits per heavy atom. The van der Waals surface area contributed by atoms with E-state index in [9.17, 15) is 22.8 Å². The van der Waals surface area contributed by atoms with Crippen molar-refractivity contribution in [2.45, 2.75) is 19.1 Å². The number of nitrogens with one attached hydrogen (secondary N) is 2. The number of benzene rings is 1. The van der Waals surface area contributed by atoms with E-state index in [-0.39, 0.29) is 25.5 Å². The Morgan fingerprint density at radius 1 is 1.18 bits per heavy atom. The van der Waals surface area contributed by atoms with Gasteiger partial charge in [0.15, 0.2) is 0 Å². The molecule has 0 atom stereocenters. The molecule has 2 amide bonds. The van der Waals surface area contributed by atoms with Crippen LogP contribution in [-0.2, 0) is 16.1 Å². The van der Waals surface area contributed by atoms with Crippen LogP contribution in [0.5, 0.6) is 0 Å². The first-order valence-electron chi connectivity index (χ1n) is 6.54. The molecule has 0 saturated heterocycles. The molecular weight excluding hydrogens is 301 g/mol. The van der Waals surface area contributed by atoms with Gasteiger partial charge in [-0.25, -0.2) is 0 Å². The van der Waals surface area contributed by atoms with Crippen LogP contribution < -0.4 is 10.6 Å². The van der Waals surface area contributed by atoms with Gasteiger partial charge in [0, 0.05) is 25.6 Å². The molecule has 0 aromatic heterocycles. The molecule has 2 N–H and O–H groups in total. The van der Waals surface area contributed by atoms with Crippen LogP contribution in [0.3, 0.4) is 0 Å². The van der Waals surface area contributed by atoms with Gasteiger partial charge in [0.1, 0.15) is 6.61 Å². The van der Waals surface area contributed by atoms with Gasteiger partial charge in [0.05, 0.1) is 6.61 Å². The molecule has 22 heavy (non-hydrogen) atoms. The van der Waals surface area contributed by atoms with Gasteiger partial charge in [-0.2, -0.15) is 13.2 Å². The summed E-state index contributed by atoms with van der Waals surface area (Å²) in [5.74, 6) is -0.616. The Morgan fingerprint density at radius 3 is 2.36 bits per heavy atom. The third-order valence-corrected chi connectivity index (χ3v) is 2.67. The van der Waals surface area contributed by atoms with Gasteiger partial charge in [-0.3, -0.25) is 9.59 Å². The van der Waals surface area contributed by atoms with Crippen LogP contribution in [0.4, 0.5) is 13.2 Å². The van der Waals surface area contributed by atoms with Crippen molar-refractivity contribution < 1.29 is 27.5 Å². The normalized spacial score (nSPS) is 11.1. The first-order valence-corrected chi connectivity index (χ1v) is 6.54. The number of halogens is 3. The molecule has 0 spiro atoms. The SMILES string of the molecule is CNC(=O)c1ccc(CNC(=O)CCOCC(F)(F)F)cc1. The standard InChI is InChI=1S/C14H17F3N2O3/c1-18-13(21)11-4-2-10(3-5-11)8-19-12(20)6-7-22-9-14(15,16)17/h2-5H,6-9H2,1H3,(H,18,21)(H,19,20). The molecule has 0 aliphatic heterocycles. The van der Waals surface area contributed by atoms with Crippen molar-refractivity contribution in [1.29, 1.82) is 0 Å². The zero-order chi connectivity index (χ0) is 16.6. The summed E-state index contributed by atoms with van der Waals surface area (Å²) in [7, 11) is 1.53. The number of carbonyl (C=O) groups is 2. The smallest absolute Gasteiger partial charge is 0.372 e. The van der Waals surface area contributed by atoms with Crippen molar-refractivity contribution in [3.8, 4) is 0 Å². The molecule has 0 bridgehead atoms. The van der Waals surface area contributed by atoms with E-state index in [1.807, 2.05) is 0 Å². The highest BCUT2D eigenvalue weighted by Crippen LogP contribution is 2.14. The van der Waals surface area contributed by atoms with E-state index in [1.165, 1.54) is 7.05 Å². The maximum Gasteiger partial charge on any atom is 0.411 e. The molecule has 0 radical (unpaired) electrons. The van der Waals surface area contributed by atoms with Gasteiger partial charge in [0.25, 0.3) is 5.91 Å². The maximum atomic E-state index is 11.8. The zero-order valence-corrected chi connectivity index (χ0v) is 12.0. The minimum Gasteiger partial charge on any atom is -0.372 e. The average molecular weight is 318 g/mol. The molecule has 0 fully saturated rings. The first kappa shape index (κ1) is 18.0. The summed E-state index contributed by atoms with van der Waals surface area (Å²) < 4.78 is 39.8. The fourth-order valence-electron chi connectivity index (χ4n) is 1.56. The molecule has 1 rings (SSSR count). The summed E-state index contributed by atoms with van der Waals surface area (Å²) in [6.07, 6.45) is -4.53. The second-order valence-electron chi connectivity index (χ2n) is 4.47. The third-order valence-electron chi connectivity index (χ3n) is 2.67. The Balaban J connectivity index is 2.28. The molecule has 8 heteroatoms. The van der Waals surface area contributed by atoms with E-state index >= 15 is 0 Å². The Kier molecular flexibility index (Phi) is 6.84. The fraction of sp³-hybridized carbons (Fsp3) is 0.429. The Labute approximate surface area is 125 Å². The van der Waals surface area contributed by atoms with E-state index in [4.69, 9.17) is 0 Å². The Bertz CT molecular complexity index is 501. The molecule has 0 aliphatic rings. The van der Waals surface area contributed by atoms with Crippen LogP contribution in [0.25, 0.3) is 0 Å². The van der Waals surface area contributed by atoms with Crippen LogP contribution in [0.1, 0.15) is 22.3 Å². The summed E-state index contributed by atoms with van der Waals surface area (Å²) in [5.41, 5.74) is 1.27. The van der Waals surface area contributed by atoms with Crippen molar-refractivity contribution in [3.63, 3.8) is 0 Å². The van der Waals surface area contributed by atoms with Crippen LogP contribution in [0, 0.1) is 0 Å². The van der Waals surface area contributed by atoms with Gasteiger partial charge < -0.3 is 15.4 Å². The third kappa shape index (κ3) is 7.07. The van der Waals surface area contributed by atoms with Crippen molar-refractivity contribution in [2.24, 2.45) is 0 Å². The molecule has 0 unspecified atom stereocenters. The Hall–Kier alpha value is -2.09. The highest BCUT2D eigenvalue weighted by Gasteiger charge is 2.27. The van der Waals surface area contributed by atoms with Crippen LogP contribution in [-0.4, -0.2) is 38.3 Å². The van der Waals surface area contributed by atoms with Gasteiger partial charge >= 0.3 is 6.18 Å². The molecule has 122 valence electrons. The van der Waals surface area contributed by atoms with Crippen molar-refractivity contribution in [3.05, 3.63) is 35.4 Å². The van der Waals surface area contributed by atoms with E-state index in [2.05, 4.69) is 15.4 Å². The van der Waals surface area contributed by atoms with Gasteiger partial charge in [0.2, 0.25) is 5.91 Å². The minimum atomic E-state index is -4.39. The highest BCUT2D eigenvalue weighted by molar-refractivity contribution is 5.93. The lowest BCUT2D eigenvalue weighted by molar-refractivity contribution is -0.174. The lowest BCUT2D eigenvalue weighted by Gasteiger charge is -2.08. The lowest BCUT2D eigenvalue weighted by Crippen LogP contribution is -2.25. The van der Waals surface area contributed by atoms with Gasteiger partial charge in [-0.05, 0) is 17.7 Å². The topological polar surface area (TPSA) is 67.4 Å². The maximum absolute atomic E-state index is 11.8. The molecule has 0 heterocycles. The predicted octanol–water partition coefficient (Wildman–Crippen LogP) is 1.63. The number of amides is 2. The van der Waals surface area contributed by atoms with Crippen molar-refractivity contribution >= 4 is 11.8 Å². The average Bonchev–Trinajstić information content (AvgIpc) is 2.48. The van der Waals surface area contributed by atoms with Gasteiger partial charge in [-0.15, -0.1) is 0 Å². The van der Waals surface area contributed by atoms with E-state index < -0.39 is 18.7 Å². The number of hydrogen-bond acceptors (Lipinski definition) is 3. The lowest BCUT2D eigenvalue weighted by atomic mass is 10.1. The van der Waals surface area contributed by atoms with Crippen molar-refractivity contribution in [1.82, 2.24) is 10.6 Å². The quantitative estimate of drug-likeness (QED) is 0.751. The minimum absolute atomic E-state index is 0.146. The fourth-order valence-corrected chi connectivity index (χ4v) is 1.56. The van der Waals surface area contributed by atoms with E-state index in [0.717, 1.165) is 5.56 Å². The number of rotatable bonds is 7. The van der Waals surface area contributed by atoms with Crippen LogP contribution in [0.2, 0.25) is 0 Å². The largest absolute Gasteiger partial charge is 0.411 e. The number of hydrogen-bond donors (Lipinski definition) is 2. The summed E-state index contributed by atoms with van der Waals surface area (Å²) in [5, 5.41) is 5.05. The van der Waals surface area contributed by atoms with E-state index in [1.54, 1.807) is 24.3 Å². The number of carbonyl (C=O) groups excluding carboxylic acids is 2. The molecular formula is C14H17F3N2O3. The summed E-state index contributed by atoms with van der Waals surface area (Å²) in [6, 6.07) is 6.61. The molecule has 1 aromatic rings. The van der Waals surface area contributed by atoms with Gasteiger partial charge in [-0.1, -0.05) is 12.1 Å². The first-order chi connectivity index (χ1) is 10.3. The summed E-state index contributed by atoms with van der Waals surface area (Å²) in [6.45, 7) is -1.42. The zero-order valence-electron chi connectivity index (χ0n) is 12.0. The van der Waals surface area contributed by atoms with Crippen molar-refractivity contribution in [2.75, 3.05) is 20.3 Å². The second-order valence-corrected chi connectivity index (χ2v) is 4.47. The number of ether oxygens (including phenoxy) is 1. The molecule has 1 aromatic carbocycles. The molecule has 5 nitrogen and oxygen atoms in total. The monoisotopic (exact) mass is 318 g/mol. The predicted molar refractivity (Wildman–Crippen MR) is 73.2 cm³/mol. The summed E-state index contributed by atoms with van der Waals surface area (Å²) in [4.78, 5) is 22.8. The molecule has 0 aliphatic carbocycles. The van der Waals surface area contributed by atoms with E-state index in [0.29, 0.717) is 5.56 Å². The summed E-state index contributed by atoms with van der Waals surface area (Å²) >= 11 is 0. The number of alkyl halides is 3.